The number of hydrogen-bond acceptors (Lipinski definition) is 4. The topological polar surface area (TPSA) is 83.6 Å². The van der Waals surface area contributed by atoms with Gasteiger partial charge in [-0.1, -0.05) is 108 Å². The van der Waals surface area contributed by atoms with Gasteiger partial charge in [-0.3, -0.25) is 4.79 Å². The Morgan fingerprint density at radius 2 is 1.54 bits per heavy atom. The quantitative estimate of drug-likeness (QED) is 0.230. The van der Waals surface area contributed by atoms with Crippen molar-refractivity contribution in [2.75, 3.05) is 0 Å². The van der Waals surface area contributed by atoms with E-state index in [0.717, 1.165) is 39.8 Å². The Kier molecular flexibility index (Phi) is 6.37. The number of rotatable bonds is 8. The van der Waals surface area contributed by atoms with Gasteiger partial charge in [-0.15, -0.1) is 0 Å². The SMILES string of the molecule is Cc1noc(-c2ccccc2-c2ccc(C3(C(=O)O)CC3)cc2)c1C(O)c1cccc(Cc2ccccc2)c1. The first-order chi connectivity index (χ1) is 19.0. The lowest BCUT2D eigenvalue weighted by molar-refractivity contribution is -0.140. The molecular formula is C34H29NO4. The van der Waals surface area contributed by atoms with Crippen LogP contribution in [0, 0.1) is 6.92 Å². The monoisotopic (exact) mass is 515 g/mol. The van der Waals surface area contributed by atoms with E-state index in [1.54, 1.807) is 0 Å². The Labute approximate surface area is 227 Å². The zero-order valence-electron chi connectivity index (χ0n) is 21.7. The number of carboxylic acid groups (broad SMARTS) is 1. The van der Waals surface area contributed by atoms with Crippen molar-refractivity contribution in [3.63, 3.8) is 0 Å². The van der Waals surface area contributed by atoms with Crippen LogP contribution in [0.3, 0.4) is 0 Å². The molecule has 6 rings (SSSR count). The summed E-state index contributed by atoms with van der Waals surface area (Å²) in [6, 6.07) is 33.9. The third-order valence-corrected chi connectivity index (χ3v) is 7.78. The molecule has 0 bridgehead atoms. The number of benzene rings is 4. The van der Waals surface area contributed by atoms with Crippen LogP contribution in [0.5, 0.6) is 0 Å². The number of aliphatic hydroxyl groups excluding tert-OH is 1. The van der Waals surface area contributed by atoms with E-state index in [1.807, 2.05) is 91.9 Å². The molecule has 0 saturated heterocycles. The van der Waals surface area contributed by atoms with E-state index >= 15 is 0 Å². The average molecular weight is 516 g/mol. The van der Waals surface area contributed by atoms with Crippen molar-refractivity contribution < 1.29 is 19.5 Å². The molecule has 1 unspecified atom stereocenters. The number of carbonyl (C=O) groups is 1. The Morgan fingerprint density at radius 3 is 2.23 bits per heavy atom. The number of aliphatic hydroxyl groups is 1. The molecule has 4 aromatic carbocycles. The largest absolute Gasteiger partial charge is 0.481 e. The molecule has 0 radical (unpaired) electrons. The molecule has 5 aromatic rings. The van der Waals surface area contributed by atoms with Gasteiger partial charge in [-0.2, -0.15) is 0 Å². The molecule has 0 spiro atoms. The zero-order valence-corrected chi connectivity index (χ0v) is 21.7. The molecule has 1 aliphatic carbocycles. The van der Waals surface area contributed by atoms with Crippen molar-refractivity contribution in [1.82, 2.24) is 5.16 Å². The molecule has 2 N–H and O–H groups in total. The fraction of sp³-hybridized carbons (Fsp3) is 0.176. The van der Waals surface area contributed by atoms with Gasteiger partial charge in [0.2, 0.25) is 0 Å². The second-order valence-electron chi connectivity index (χ2n) is 10.3. The smallest absolute Gasteiger partial charge is 0.314 e. The Balaban J connectivity index is 1.34. The number of aryl methyl sites for hydroxylation is 1. The molecule has 1 aromatic heterocycles. The molecule has 5 heteroatoms. The van der Waals surface area contributed by atoms with E-state index in [1.165, 1.54) is 5.56 Å². The first-order valence-corrected chi connectivity index (χ1v) is 13.2. The number of nitrogens with zero attached hydrogens (tertiary/aromatic N) is 1. The Morgan fingerprint density at radius 1 is 0.872 bits per heavy atom. The van der Waals surface area contributed by atoms with E-state index in [4.69, 9.17) is 4.52 Å². The summed E-state index contributed by atoms with van der Waals surface area (Å²) in [4.78, 5) is 11.8. The maximum absolute atomic E-state index is 11.8. The van der Waals surface area contributed by atoms with E-state index in [0.29, 0.717) is 29.9 Å². The molecule has 0 amide bonds. The fourth-order valence-electron chi connectivity index (χ4n) is 5.42. The first kappa shape index (κ1) is 24.8. The molecule has 1 heterocycles. The van der Waals surface area contributed by atoms with Crippen LogP contribution in [0.25, 0.3) is 22.5 Å². The summed E-state index contributed by atoms with van der Waals surface area (Å²) in [5, 5.41) is 25.5. The Hall–Kier alpha value is -4.48. The van der Waals surface area contributed by atoms with Crippen molar-refractivity contribution in [1.29, 1.82) is 0 Å². The summed E-state index contributed by atoms with van der Waals surface area (Å²) in [6.07, 6.45) is 1.20. The second kappa shape index (κ2) is 10.0. The van der Waals surface area contributed by atoms with E-state index in [-0.39, 0.29) is 0 Å². The maximum atomic E-state index is 11.8. The standard InChI is InChI=1S/C34H29NO4/c1-22-30(31(36)26-11-7-10-24(21-26)20-23-8-3-2-4-9-23)32(39-35-22)29-13-6-5-12-28(29)25-14-16-27(17-15-25)34(18-19-34)33(37)38/h2-17,21,31,36H,18-20H2,1H3,(H,37,38). The normalized spacial score (nSPS) is 14.6. The summed E-state index contributed by atoms with van der Waals surface area (Å²) in [7, 11) is 0. The van der Waals surface area contributed by atoms with Crippen LogP contribution in [0.15, 0.2) is 108 Å². The van der Waals surface area contributed by atoms with Crippen molar-refractivity contribution in [2.24, 2.45) is 0 Å². The average Bonchev–Trinajstić information content (AvgIpc) is 3.70. The van der Waals surface area contributed by atoms with Gasteiger partial charge in [0.1, 0.15) is 6.10 Å². The highest BCUT2D eigenvalue weighted by Gasteiger charge is 2.51. The first-order valence-electron chi connectivity index (χ1n) is 13.2. The van der Waals surface area contributed by atoms with Crippen LogP contribution in [0.2, 0.25) is 0 Å². The number of aliphatic carboxylic acids is 1. The summed E-state index contributed by atoms with van der Waals surface area (Å²) in [5.41, 5.74) is 7.14. The van der Waals surface area contributed by atoms with Gasteiger partial charge in [0, 0.05) is 5.56 Å². The van der Waals surface area contributed by atoms with Gasteiger partial charge in [0.25, 0.3) is 0 Å². The van der Waals surface area contributed by atoms with Gasteiger partial charge < -0.3 is 14.7 Å². The van der Waals surface area contributed by atoms with Gasteiger partial charge >= 0.3 is 5.97 Å². The molecule has 1 saturated carbocycles. The number of hydrogen-bond donors (Lipinski definition) is 2. The molecule has 194 valence electrons. The molecule has 0 aliphatic heterocycles. The summed E-state index contributed by atoms with van der Waals surface area (Å²) < 4.78 is 5.84. The third-order valence-electron chi connectivity index (χ3n) is 7.78. The highest BCUT2D eigenvalue weighted by atomic mass is 16.5. The number of aromatic nitrogens is 1. The van der Waals surface area contributed by atoms with Gasteiger partial charge in [-0.25, -0.2) is 0 Å². The van der Waals surface area contributed by atoms with Crippen LogP contribution in [0.4, 0.5) is 0 Å². The third kappa shape index (κ3) is 4.66. The lowest BCUT2D eigenvalue weighted by atomic mass is 9.90. The highest BCUT2D eigenvalue weighted by molar-refractivity contribution is 5.86. The van der Waals surface area contributed by atoms with E-state index in [9.17, 15) is 15.0 Å². The molecule has 5 nitrogen and oxygen atoms in total. The van der Waals surface area contributed by atoms with Gasteiger partial charge in [0.15, 0.2) is 5.76 Å². The molecule has 1 fully saturated rings. The molecular weight excluding hydrogens is 486 g/mol. The minimum Gasteiger partial charge on any atom is -0.481 e. The fourth-order valence-corrected chi connectivity index (χ4v) is 5.42. The minimum absolute atomic E-state index is 0.525. The molecule has 39 heavy (non-hydrogen) atoms. The highest BCUT2D eigenvalue weighted by Crippen LogP contribution is 2.49. The minimum atomic E-state index is -0.914. The molecule has 1 aliphatic rings. The van der Waals surface area contributed by atoms with Crippen LogP contribution in [-0.4, -0.2) is 21.3 Å². The molecule has 1 atom stereocenters. The maximum Gasteiger partial charge on any atom is 0.314 e. The zero-order chi connectivity index (χ0) is 27.0. The van der Waals surface area contributed by atoms with Crippen LogP contribution >= 0.6 is 0 Å². The summed E-state index contributed by atoms with van der Waals surface area (Å²) >= 11 is 0. The lowest BCUT2D eigenvalue weighted by Gasteiger charge is -2.15. The van der Waals surface area contributed by atoms with Crippen molar-refractivity contribution >= 4 is 5.97 Å². The van der Waals surface area contributed by atoms with E-state index in [2.05, 4.69) is 23.4 Å². The summed E-state index contributed by atoms with van der Waals surface area (Å²) in [5.74, 6) is -0.239. The van der Waals surface area contributed by atoms with Crippen molar-refractivity contribution in [3.8, 4) is 22.5 Å². The predicted molar refractivity (Wildman–Crippen MR) is 150 cm³/mol. The lowest BCUT2D eigenvalue weighted by Crippen LogP contribution is -2.19. The van der Waals surface area contributed by atoms with Gasteiger partial charge in [-0.05, 0) is 59.6 Å². The van der Waals surface area contributed by atoms with Crippen molar-refractivity contribution in [2.45, 2.75) is 37.7 Å². The van der Waals surface area contributed by atoms with E-state index < -0.39 is 17.5 Å². The predicted octanol–water partition coefficient (Wildman–Crippen LogP) is 7.11. The Bertz CT molecular complexity index is 1630. The number of carboxylic acids is 1. The van der Waals surface area contributed by atoms with Crippen LogP contribution < -0.4 is 0 Å². The van der Waals surface area contributed by atoms with Crippen molar-refractivity contribution in [3.05, 3.63) is 137 Å². The van der Waals surface area contributed by atoms with Gasteiger partial charge in [0.05, 0.1) is 16.7 Å². The van der Waals surface area contributed by atoms with Crippen LogP contribution in [0.1, 0.15) is 52.5 Å². The second-order valence-corrected chi connectivity index (χ2v) is 10.3. The summed E-state index contributed by atoms with van der Waals surface area (Å²) in [6.45, 7) is 1.85. The van der Waals surface area contributed by atoms with Crippen LogP contribution in [-0.2, 0) is 16.6 Å².